The van der Waals surface area contributed by atoms with Crippen LogP contribution in [0.15, 0.2) is 54.9 Å². The van der Waals surface area contributed by atoms with Gasteiger partial charge >= 0.3 is 0 Å². The molecule has 0 saturated carbocycles. The summed E-state index contributed by atoms with van der Waals surface area (Å²) in [5.74, 6) is 0.476. The van der Waals surface area contributed by atoms with E-state index in [4.69, 9.17) is 0 Å². The molecular formula is C27H29N3O2S. The summed E-state index contributed by atoms with van der Waals surface area (Å²) < 4.78 is 0. The second kappa shape index (κ2) is 9.87. The number of carbonyl (C=O) groups is 2. The van der Waals surface area contributed by atoms with E-state index in [0.717, 1.165) is 69.2 Å². The molecule has 2 amide bonds. The van der Waals surface area contributed by atoms with Crippen LogP contribution in [0.5, 0.6) is 0 Å². The first-order valence-corrected chi connectivity index (χ1v) is 12.7. The zero-order chi connectivity index (χ0) is 22.6. The number of thiophene rings is 1. The first-order chi connectivity index (χ1) is 16.2. The van der Waals surface area contributed by atoms with Crippen molar-refractivity contribution in [3.05, 3.63) is 82.0 Å². The van der Waals surface area contributed by atoms with Gasteiger partial charge in [-0.25, -0.2) is 0 Å². The van der Waals surface area contributed by atoms with E-state index >= 15 is 0 Å². The summed E-state index contributed by atoms with van der Waals surface area (Å²) in [4.78, 5) is 33.8. The quantitative estimate of drug-likeness (QED) is 0.558. The summed E-state index contributed by atoms with van der Waals surface area (Å²) in [6, 6.07) is 14.1. The fourth-order valence-corrected chi connectivity index (χ4v) is 6.27. The van der Waals surface area contributed by atoms with Crippen molar-refractivity contribution in [1.82, 2.24) is 9.88 Å². The third kappa shape index (κ3) is 4.86. The highest BCUT2D eigenvalue weighted by molar-refractivity contribution is 7.17. The maximum atomic E-state index is 13.7. The number of benzene rings is 1. The Kier molecular flexibility index (Phi) is 6.53. The minimum Gasteiger partial charge on any atom is -0.339 e. The van der Waals surface area contributed by atoms with Gasteiger partial charge in [-0.05, 0) is 74.1 Å². The zero-order valence-corrected chi connectivity index (χ0v) is 19.6. The lowest BCUT2D eigenvalue weighted by molar-refractivity contribution is 0.0690. The van der Waals surface area contributed by atoms with Crippen molar-refractivity contribution in [1.29, 1.82) is 0 Å². The Balaban J connectivity index is 1.32. The van der Waals surface area contributed by atoms with Crippen LogP contribution < -0.4 is 5.32 Å². The van der Waals surface area contributed by atoms with Gasteiger partial charge in [-0.15, -0.1) is 11.3 Å². The molecule has 1 N–H and O–H groups in total. The van der Waals surface area contributed by atoms with E-state index in [1.54, 1.807) is 35.9 Å². The largest absolute Gasteiger partial charge is 0.339 e. The second-order valence-electron chi connectivity index (χ2n) is 9.04. The molecule has 1 fully saturated rings. The van der Waals surface area contributed by atoms with Crippen molar-refractivity contribution in [3.8, 4) is 0 Å². The van der Waals surface area contributed by atoms with Gasteiger partial charge in [0.25, 0.3) is 11.8 Å². The molecular weight excluding hydrogens is 430 g/mol. The van der Waals surface area contributed by atoms with E-state index in [1.807, 2.05) is 4.90 Å². The lowest BCUT2D eigenvalue weighted by Crippen LogP contribution is -2.39. The molecule has 1 aliphatic carbocycles. The van der Waals surface area contributed by atoms with Gasteiger partial charge in [0.05, 0.1) is 11.1 Å². The average molecular weight is 460 g/mol. The molecule has 0 spiro atoms. The molecule has 5 rings (SSSR count). The molecule has 5 nitrogen and oxygen atoms in total. The maximum Gasteiger partial charge on any atom is 0.257 e. The number of aromatic nitrogens is 1. The summed E-state index contributed by atoms with van der Waals surface area (Å²) in [7, 11) is 0. The number of anilines is 1. The normalized spacial score (nSPS) is 16.3. The number of nitrogens with zero attached hydrogens (tertiary/aromatic N) is 2. The van der Waals surface area contributed by atoms with E-state index in [9.17, 15) is 9.59 Å². The maximum absolute atomic E-state index is 13.7. The first kappa shape index (κ1) is 21.8. The molecule has 1 aliphatic heterocycles. The van der Waals surface area contributed by atoms with Crippen LogP contribution in [-0.4, -0.2) is 34.8 Å². The Bertz CT molecular complexity index is 1120. The van der Waals surface area contributed by atoms with Crippen LogP contribution in [0.4, 0.5) is 5.00 Å². The topological polar surface area (TPSA) is 62.3 Å². The lowest BCUT2D eigenvalue weighted by atomic mass is 9.89. The Morgan fingerprint density at radius 1 is 1.03 bits per heavy atom. The number of hydrogen-bond donors (Lipinski definition) is 1. The smallest absolute Gasteiger partial charge is 0.257 e. The Morgan fingerprint density at radius 3 is 2.58 bits per heavy atom. The van der Waals surface area contributed by atoms with Crippen LogP contribution in [0, 0.1) is 5.92 Å². The van der Waals surface area contributed by atoms with Crippen molar-refractivity contribution in [2.24, 2.45) is 5.92 Å². The Labute approximate surface area is 198 Å². The highest BCUT2D eigenvalue weighted by Gasteiger charge is 2.31. The molecule has 2 aliphatic rings. The van der Waals surface area contributed by atoms with Crippen LogP contribution in [0.1, 0.15) is 62.4 Å². The van der Waals surface area contributed by atoms with Crippen LogP contribution in [0.25, 0.3) is 0 Å². The monoisotopic (exact) mass is 459 g/mol. The summed E-state index contributed by atoms with van der Waals surface area (Å²) in [6.07, 6.45) is 10.5. The van der Waals surface area contributed by atoms with Crippen LogP contribution in [0.2, 0.25) is 0 Å². The third-order valence-corrected chi connectivity index (χ3v) is 8.01. The molecule has 3 aromatic rings. The Hall–Kier alpha value is -2.99. The van der Waals surface area contributed by atoms with Crippen molar-refractivity contribution in [3.63, 3.8) is 0 Å². The van der Waals surface area contributed by atoms with Gasteiger partial charge < -0.3 is 10.2 Å². The van der Waals surface area contributed by atoms with Gasteiger partial charge in [0, 0.05) is 30.4 Å². The molecule has 0 radical (unpaired) electrons. The van der Waals surface area contributed by atoms with Gasteiger partial charge in [-0.1, -0.05) is 30.3 Å². The predicted octanol–water partition coefficient (Wildman–Crippen LogP) is 5.37. The molecule has 3 heterocycles. The van der Waals surface area contributed by atoms with Crippen LogP contribution in [0.3, 0.4) is 0 Å². The van der Waals surface area contributed by atoms with Gasteiger partial charge in [-0.3, -0.25) is 14.6 Å². The standard InChI is InChI=1S/C27H29N3O2S/c31-25(21-9-6-14-28-18-21)29-26-24(22-10-4-5-11-23(22)33-26)27(32)30-15-12-20(13-16-30)17-19-7-2-1-3-8-19/h1-3,6-9,14,18,20H,4-5,10-13,15-17H2,(H,29,31). The van der Waals surface area contributed by atoms with E-state index in [-0.39, 0.29) is 11.8 Å². The highest BCUT2D eigenvalue weighted by Crippen LogP contribution is 2.39. The molecule has 170 valence electrons. The molecule has 0 atom stereocenters. The molecule has 2 aromatic heterocycles. The number of carbonyl (C=O) groups excluding carboxylic acids is 2. The highest BCUT2D eigenvalue weighted by atomic mass is 32.1. The second-order valence-corrected chi connectivity index (χ2v) is 10.1. The number of fused-ring (bicyclic) bond motifs is 1. The average Bonchev–Trinajstić information content (AvgIpc) is 3.23. The summed E-state index contributed by atoms with van der Waals surface area (Å²) in [6.45, 7) is 1.55. The zero-order valence-electron chi connectivity index (χ0n) is 18.8. The van der Waals surface area contributed by atoms with Crippen molar-refractivity contribution in [2.45, 2.75) is 44.9 Å². The molecule has 0 unspecified atom stereocenters. The number of amides is 2. The lowest BCUT2D eigenvalue weighted by Gasteiger charge is -2.32. The van der Waals surface area contributed by atoms with Gasteiger partial charge in [0.15, 0.2) is 0 Å². The first-order valence-electron chi connectivity index (χ1n) is 11.9. The number of aryl methyl sites for hydroxylation is 1. The van der Waals surface area contributed by atoms with E-state index < -0.39 is 0 Å². The number of likely N-dealkylation sites (tertiary alicyclic amines) is 1. The molecule has 1 saturated heterocycles. The fourth-order valence-electron chi connectivity index (χ4n) is 5.00. The van der Waals surface area contributed by atoms with Gasteiger partial charge in [-0.2, -0.15) is 0 Å². The number of rotatable bonds is 5. The third-order valence-electron chi connectivity index (χ3n) is 6.80. The van der Waals surface area contributed by atoms with Crippen molar-refractivity contribution in [2.75, 3.05) is 18.4 Å². The van der Waals surface area contributed by atoms with Gasteiger partial charge in [0.1, 0.15) is 5.00 Å². The Morgan fingerprint density at radius 2 is 1.82 bits per heavy atom. The van der Waals surface area contributed by atoms with Gasteiger partial charge in [0.2, 0.25) is 0 Å². The van der Waals surface area contributed by atoms with Crippen LogP contribution in [-0.2, 0) is 19.3 Å². The predicted molar refractivity (Wildman–Crippen MR) is 132 cm³/mol. The summed E-state index contributed by atoms with van der Waals surface area (Å²) >= 11 is 1.58. The minimum absolute atomic E-state index is 0.0778. The fraction of sp³-hybridized carbons (Fsp3) is 0.370. The van der Waals surface area contributed by atoms with E-state index in [1.165, 1.54) is 10.4 Å². The van der Waals surface area contributed by atoms with E-state index in [2.05, 4.69) is 40.6 Å². The number of nitrogens with one attached hydrogen (secondary N) is 1. The van der Waals surface area contributed by atoms with E-state index in [0.29, 0.717) is 16.5 Å². The number of hydrogen-bond acceptors (Lipinski definition) is 4. The number of pyridine rings is 1. The molecule has 33 heavy (non-hydrogen) atoms. The SMILES string of the molecule is O=C(Nc1sc2c(c1C(=O)N1CCC(Cc3ccccc3)CC1)CCCC2)c1cccnc1. The minimum atomic E-state index is -0.211. The number of piperidine rings is 1. The summed E-state index contributed by atoms with van der Waals surface area (Å²) in [5.41, 5.74) is 3.76. The van der Waals surface area contributed by atoms with Crippen LogP contribution >= 0.6 is 11.3 Å². The molecule has 0 bridgehead atoms. The molecule has 6 heteroatoms. The van der Waals surface area contributed by atoms with Crippen molar-refractivity contribution >= 4 is 28.2 Å². The van der Waals surface area contributed by atoms with Crippen molar-refractivity contribution < 1.29 is 9.59 Å². The summed E-state index contributed by atoms with van der Waals surface area (Å²) in [5, 5.41) is 3.74. The molecule has 1 aromatic carbocycles.